The van der Waals surface area contributed by atoms with Crippen LogP contribution in [0.1, 0.15) is 39.5 Å². The summed E-state index contributed by atoms with van der Waals surface area (Å²) >= 11 is 0. The Morgan fingerprint density at radius 1 is 1.05 bits per heavy atom. The van der Waals surface area contributed by atoms with Crippen LogP contribution >= 0.6 is 0 Å². The summed E-state index contributed by atoms with van der Waals surface area (Å²) in [6, 6.07) is 14.5. The third-order valence-corrected chi connectivity index (χ3v) is 4.28. The maximum atomic E-state index is 12.6. The molecule has 2 aromatic carbocycles. The van der Waals surface area contributed by atoms with Crippen LogP contribution in [0.15, 0.2) is 42.5 Å². The molecule has 0 aromatic heterocycles. The standard InChI is InChI=1S/C19H22N2O/c1-3-14-4-6-15(7-5-14)13-21(2)19(22)16-8-9-17-11-20-12-18(17)10-16/h4-10,20H,3,11-13H2,1-2H3. The van der Waals surface area contributed by atoms with Crippen molar-refractivity contribution < 1.29 is 4.79 Å². The van der Waals surface area contributed by atoms with Gasteiger partial charge in [0.05, 0.1) is 0 Å². The normalized spacial score (nSPS) is 13.0. The Morgan fingerprint density at radius 3 is 2.45 bits per heavy atom. The third kappa shape index (κ3) is 3.04. The monoisotopic (exact) mass is 294 g/mol. The van der Waals surface area contributed by atoms with Gasteiger partial charge in [-0.05, 0) is 40.8 Å². The summed E-state index contributed by atoms with van der Waals surface area (Å²) in [7, 11) is 1.86. The quantitative estimate of drug-likeness (QED) is 0.939. The maximum Gasteiger partial charge on any atom is 0.253 e. The zero-order valence-corrected chi connectivity index (χ0v) is 13.2. The lowest BCUT2D eigenvalue weighted by molar-refractivity contribution is 0.0785. The van der Waals surface area contributed by atoms with Crippen LogP contribution in [0.2, 0.25) is 0 Å². The predicted octanol–water partition coefficient (Wildman–Crippen LogP) is 3.12. The fourth-order valence-electron chi connectivity index (χ4n) is 2.87. The number of carbonyl (C=O) groups excluding carboxylic acids is 1. The Labute approximate surface area is 132 Å². The second kappa shape index (κ2) is 6.32. The number of nitrogens with one attached hydrogen (secondary N) is 1. The van der Waals surface area contributed by atoms with E-state index in [1.807, 2.05) is 19.2 Å². The molecule has 1 heterocycles. The van der Waals surface area contributed by atoms with E-state index >= 15 is 0 Å². The van der Waals surface area contributed by atoms with Gasteiger partial charge in [0.25, 0.3) is 5.91 Å². The van der Waals surface area contributed by atoms with Crippen LogP contribution in [0, 0.1) is 0 Å². The highest BCUT2D eigenvalue weighted by molar-refractivity contribution is 5.94. The summed E-state index contributed by atoms with van der Waals surface area (Å²) in [5, 5.41) is 3.31. The van der Waals surface area contributed by atoms with Crippen LogP contribution in [0.3, 0.4) is 0 Å². The Bertz CT molecular complexity index is 676. The topological polar surface area (TPSA) is 32.3 Å². The predicted molar refractivity (Wildman–Crippen MR) is 88.6 cm³/mol. The van der Waals surface area contributed by atoms with E-state index in [4.69, 9.17) is 0 Å². The first-order valence-electron chi connectivity index (χ1n) is 7.83. The third-order valence-electron chi connectivity index (χ3n) is 4.28. The molecule has 0 saturated carbocycles. The van der Waals surface area contributed by atoms with Crippen molar-refractivity contribution in [2.45, 2.75) is 33.0 Å². The molecule has 0 saturated heterocycles. The Hall–Kier alpha value is -2.13. The first-order chi connectivity index (χ1) is 10.7. The van der Waals surface area contributed by atoms with Gasteiger partial charge >= 0.3 is 0 Å². The number of benzene rings is 2. The smallest absolute Gasteiger partial charge is 0.253 e. The highest BCUT2D eigenvalue weighted by atomic mass is 16.2. The van der Waals surface area contributed by atoms with E-state index in [1.165, 1.54) is 16.7 Å². The molecule has 0 unspecified atom stereocenters. The second-order valence-electron chi connectivity index (χ2n) is 5.92. The van der Waals surface area contributed by atoms with E-state index in [-0.39, 0.29) is 5.91 Å². The van der Waals surface area contributed by atoms with Crippen molar-refractivity contribution in [3.63, 3.8) is 0 Å². The van der Waals surface area contributed by atoms with Gasteiger partial charge in [-0.25, -0.2) is 0 Å². The van der Waals surface area contributed by atoms with Crippen molar-refractivity contribution in [2.75, 3.05) is 7.05 Å². The molecule has 3 nitrogen and oxygen atoms in total. The highest BCUT2D eigenvalue weighted by Gasteiger charge is 2.16. The number of nitrogens with zero attached hydrogens (tertiary/aromatic N) is 1. The van der Waals surface area contributed by atoms with Gasteiger partial charge in [0.2, 0.25) is 0 Å². The average molecular weight is 294 g/mol. The summed E-state index contributed by atoms with van der Waals surface area (Å²) in [5.74, 6) is 0.0780. The number of amides is 1. The van der Waals surface area contributed by atoms with Crippen LogP contribution in [-0.2, 0) is 26.1 Å². The fraction of sp³-hybridized carbons (Fsp3) is 0.316. The molecule has 0 spiro atoms. The van der Waals surface area contributed by atoms with Crippen molar-refractivity contribution >= 4 is 5.91 Å². The number of aryl methyl sites for hydroxylation is 1. The van der Waals surface area contributed by atoms with Crippen LogP contribution in [-0.4, -0.2) is 17.9 Å². The number of fused-ring (bicyclic) bond motifs is 1. The first-order valence-corrected chi connectivity index (χ1v) is 7.83. The lowest BCUT2D eigenvalue weighted by atomic mass is 10.1. The molecule has 22 heavy (non-hydrogen) atoms. The van der Waals surface area contributed by atoms with Crippen molar-refractivity contribution in [1.82, 2.24) is 10.2 Å². The molecule has 114 valence electrons. The average Bonchev–Trinajstić information content (AvgIpc) is 3.02. The van der Waals surface area contributed by atoms with E-state index in [2.05, 4.69) is 42.6 Å². The van der Waals surface area contributed by atoms with Crippen LogP contribution in [0.4, 0.5) is 0 Å². The largest absolute Gasteiger partial charge is 0.337 e. The van der Waals surface area contributed by atoms with Gasteiger partial charge in [0.1, 0.15) is 0 Å². The summed E-state index contributed by atoms with van der Waals surface area (Å²) in [6.07, 6.45) is 1.04. The molecule has 0 radical (unpaired) electrons. The summed E-state index contributed by atoms with van der Waals surface area (Å²) in [4.78, 5) is 14.4. The zero-order valence-electron chi connectivity index (χ0n) is 13.2. The molecule has 0 fully saturated rings. The number of rotatable bonds is 4. The van der Waals surface area contributed by atoms with E-state index in [0.29, 0.717) is 6.54 Å². The Balaban J connectivity index is 1.71. The van der Waals surface area contributed by atoms with Gasteiger partial charge in [0.15, 0.2) is 0 Å². The molecule has 0 bridgehead atoms. The van der Waals surface area contributed by atoms with Gasteiger partial charge in [0, 0.05) is 32.2 Å². The minimum atomic E-state index is 0.0780. The molecule has 1 N–H and O–H groups in total. The van der Waals surface area contributed by atoms with Gasteiger partial charge < -0.3 is 10.2 Å². The lowest BCUT2D eigenvalue weighted by Crippen LogP contribution is -2.26. The maximum absolute atomic E-state index is 12.6. The van der Waals surface area contributed by atoms with E-state index in [1.54, 1.807) is 4.90 Å². The van der Waals surface area contributed by atoms with Crippen LogP contribution in [0.5, 0.6) is 0 Å². The molecule has 1 aliphatic heterocycles. The fourth-order valence-corrected chi connectivity index (χ4v) is 2.87. The van der Waals surface area contributed by atoms with Crippen molar-refractivity contribution in [3.05, 3.63) is 70.3 Å². The summed E-state index contributed by atoms with van der Waals surface area (Å²) < 4.78 is 0. The van der Waals surface area contributed by atoms with Gasteiger partial charge in [-0.2, -0.15) is 0 Å². The molecule has 3 heteroatoms. The van der Waals surface area contributed by atoms with Gasteiger partial charge in [-0.3, -0.25) is 4.79 Å². The number of carbonyl (C=O) groups is 1. The molecule has 1 amide bonds. The molecular formula is C19H22N2O. The van der Waals surface area contributed by atoms with Crippen molar-refractivity contribution in [2.24, 2.45) is 0 Å². The molecule has 3 rings (SSSR count). The SMILES string of the molecule is CCc1ccc(CN(C)C(=O)c2ccc3c(c2)CNC3)cc1. The Morgan fingerprint density at radius 2 is 1.73 bits per heavy atom. The first kappa shape index (κ1) is 14.8. The number of hydrogen-bond donors (Lipinski definition) is 1. The molecule has 1 aliphatic rings. The minimum Gasteiger partial charge on any atom is -0.337 e. The van der Waals surface area contributed by atoms with Crippen molar-refractivity contribution in [1.29, 1.82) is 0 Å². The van der Waals surface area contributed by atoms with E-state index in [9.17, 15) is 4.79 Å². The van der Waals surface area contributed by atoms with E-state index in [0.717, 1.165) is 30.6 Å². The molecular weight excluding hydrogens is 272 g/mol. The summed E-state index contributed by atoms with van der Waals surface area (Å²) in [6.45, 7) is 4.55. The zero-order chi connectivity index (χ0) is 15.5. The van der Waals surface area contributed by atoms with Crippen LogP contribution < -0.4 is 5.32 Å². The van der Waals surface area contributed by atoms with E-state index < -0.39 is 0 Å². The molecule has 0 atom stereocenters. The van der Waals surface area contributed by atoms with Gasteiger partial charge in [-0.15, -0.1) is 0 Å². The lowest BCUT2D eigenvalue weighted by Gasteiger charge is -2.18. The minimum absolute atomic E-state index is 0.0780. The Kier molecular flexibility index (Phi) is 4.25. The second-order valence-corrected chi connectivity index (χ2v) is 5.92. The van der Waals surface area contributed by atoms with Crippen LogP contribution in [0.25, 0.3) is 0 Å². The van der Waals surface area contributed by atoms with Gasteiger partial charge in [-0.1, -0.05) is 37.3 Å². The van der Waals surface area contributed by atoms with Crippen molar-refractivity contribution in [3.8, 4) is 0 Å². The molecule has 2 aromatic rings. The summed E-state index contributed by atoms with van der Waals surface area (Å²) in [5.41, 5.74) is 5.80. The highest BCUT2D eigenvalue weighted by Crippen LogP contribution is 2.18. The molecule has 0 aliphatic carbocycles. The number of hydrogen-bond acceptors (Lipinski definition) is 2.